The molecule has 0 amide bonds. The molecule has 0 spiro atoms. The molecular formula is C11H20O4. The van der Waals surface area contributed by atoms with E-state index in [4.69, 9.17) is 9.47 Å². The van der Waals surface area contributed by atoms with E-state index >= 15 is 0 Å². The zero-order chi connectivity index (χ0) is 11.5. The Morgan fingerprint density at radius 3 is 1.60 bits per heavy atom. The summed E-state index contributed by atoms with van der Waals surface area (Å²) in [5.41, 5.74) is 0. The van der Waals surface area contributed by atoms with Crippen LogP contribution < -0.4 is 0 Å². The van der Waals surface area contributed by atoms with E-state index in [1.165, 1.54) is 0 Å². The summed E-state index contributed by atoms with van der Waals surface area (Å²) < 4.78 is 10.8. The number of hydrogen-bond acceptors (Lipinski definition) is 4. The minimum atomic E-state index is -0.135. The number of aldehydes is 2. The maximum Gasteiger partial charge on any atom is 0.122 e. The molecular weight excluding hydrogens is 196 g/mol. The summed E-state index contributed by atoms with van der Waals surface area (Å²) in [5.74, 6) is 0. The lowest BCUT2D eigenvalue weighted by molar-refractivity contribution is -0.112. The van der Waals surface area contributed by atoms with Gasteiger partial charge in [-0.05, 0) is 13.8 Å². The molecule has 0 fully saturated rings. The molecule has 0 rings (SSSR count). The van der Waals surface area contributed by atoms with Crippen LogP contribution in [0, 0.1) is 0 Å². The van der Waals surface area contributed by atoms with Crippen molar-refractivity contribution in [2.45, 2.75) is 45.3 Å². The Labute approximate surface area is 90.9 Å². The molecule has 0 N–H and O–H groups in total. The molecule has 4 heteroatoms. The lowest BCUT2D eigenvalue weighted by Gasteiger charge is -2.20. The maximum absolute atomic E-state index is 10.4. The highest BCUT2D eigenvalue weighted by atomic mass is 16.5. The first kappa shape index (κ1) is 14.3. The Kier molecular flexibility index (Phi) is 9.32. The first-order valence-corrected chi connectivity index (χ1v) is 5.38. The molecule has 0 saturated heterocycles. The van der Waals surface area contributed by atoms with Gasteiger partial charge in [0.25, 0.3) is 0 Å². The molecule has 0 aliphatic rings. The fourth-order valence-corrected chi connectivity index (χ4v) is 1.44. The average Bonchev–Trinajstić information content (AvgIpc) is 2.19. The van der Waals surface area contributed by atoms with Gasteiger partial charge in [0.15, 0.2) is 0 Å². The molecule has 88 valence electrons. The zero-order valence-corrected chi connectivity index (χ0v) is 9.48. The first-order valence-electron chi connectivity index (χ1n) is 5.38. The number of hydrogen-bond donors (Lipinski definition) is 0. The van der Waals surface area contributed by atoms with Gasteiger partial charge < -0.3 is 19.1 Å². The maximum atomic E-state index is 10.4. The van der Waals surface area contributed by atoms with Crippen molar-refractivity contribution >= 4 is 12.6 Å². The van der Waals surface area contributed by atoms with Gasteiger partial charge in [-0.25, -0.2) is 0 Å². The topological polar surface area (TPSA) is 52.6 Å². The number of carbonyl (C=O) groups is 2. The third kappa shape index (κ3) is 7.22. The fourth-order valence-electron chi connectivity index (χ4n) is 1.44. The van der Waals surface area contributed by atoms with E-state index in [2.05, 4.69) is 0 Å². The van der Waals surface area contributed by atoms with Crippen LogP contribution >= 0.6 is 0 Å². The van der Waals surface area contributed by atoms with E-state index in [0.29, 0.717) is 32.5 Å². The summed E-state index contributed by atoms with van der Waals surface area (Å²) in [6, 6.07) is 0. The molecule has 0 aromatic rings. The molecule has 4 nitrogen and oxygen atoms in total. The molecule has 0 aromatic heterocycles. The highest BCUT2D eigenvalue weighted by molar-refractivity contribution is 5.51. The van der Waals surface area contributed by atoms with Crippen LogP contribution in [0.5, 0.6) is 0 Å². The third-order valence-corrected chi connectivity index (χ3v) is 2.05. The fraction of sp³-hybridized carbons (Fsp3) is 0.818. The van der Waals surface area contributed by atoms with E-state index in [9.17, 15) is 9.59 Å². The third-order valence-electron chi connectivity index (χ3n) is 2.05. The average molecular weight is 216 g/mol. The van der Waals surface area contributed by atoms with Crippen LogP contribution in [0.4, 0.5) is 0 Å². The molecule has 0 aromatic carbocycles. The van der Waals surface area contributed by atoms with Crippen LogP contribution in [0.15, 0.2) is 0 Å². The molecule has 0 bridgehead atoms. The van der Waals surface area contributed by atoms with Crippen LogP contribution in [-0.2, 0) is 19.1 Å². The Morgan fingerprint density at radius 2 is 1.33 bits per heavy atom. The van der Waals surface area contributed by atoms with Gasteiger partial charge in [-0.15, -0.1) is 0 Å². The summed E-state index contributed by atoms with van der Waals surface area (Å²) in [7, 11) is 0. The van der Waals surface area contributed by atoms with E-state index < -0.39 is 0 Å². The van der Waals surface area contributed by atoms with Crippen molar-refractivity contribution < 1.29 is 19.1 Å². The van der Waals surface area contributed by atoms with Crippen molar-refractivity contribution in [1.82, 2.24) is 0 Å². The SMILES string of the molecule is CCOC(CC=O)CC(CC=O)OCC. The minimum absolute atomic E-state index is 0.135. The highest BCUT2D eigenvalue weighted by Gasteiger charge is 2.16. The van der Waals surface area contributed by atoms with Crippen LogP contribution in [0.2, 0.25) is 0 Å². The quantitative estimate of drug-likeness (QED) is 0.517. The van der Waals surface area contributed by atoms with E-state index in [-0.39, 0.29) is 12.2 Å². The van der Waals surface area contributed by atoms with Gasteiger partial charge in [-0.3, -0.25) is 0 Å². The Hall–Kier alpha value is -0.740. The predicted octanol–water partition coefficient (Wildman–Crippen LogP) is 1.36. The Morgan fingerprint density at radius 1 is 0.933 bits per heavy atom. The summed E-state index contributed by atoms with van der Waals surface area (Å²) in [6.07, 6.45) is 2.72. The Balaban J connectivity index is 4.04. The van der Waals surface area contributed by atoms with Crippen LogP contribution in [0.25, 0.3) is 0 Å². The number of carbonyl (C=O) groups excluding carboxylic acids is 2. The molecule has 15 heavy (non-hydrogen) atoms. The second kappa shape index (κ2) is 9.80. The summed E-state index contributed by atoms with van der Waals surface area (Å²) in [4.78, 5) is 20.8. The molecule has 2 unspecified atom stereocenters. The largest absolute Gasteiger partial charge is 0.378 e. The lowest BCUT2D eigenvalue weighted by Crippen LogP contribution is -2.24. The second-order valence-corrected chi connectivity index (χ2v) is 3.20. The van der Waals surface area contributed by atoms with E-state index in [1.807, 2.05) is 13.8 Å². The van der Waals surface area contributed by atoms with Gasteiger partial charge in [0.2, 0.25) is 0 Å². The molecule has 0 aliphatic carbocycles. The molecule has 2 atom stereocenters. The monoisotopic (exact) mass is 216 g/mol. The lowest BCUT2D eigenvalue weighted by atomic mass is 10.1. The second-order valence-electron chi connectivity index (χ2n) is 3.20. The highest BCUT2D eigenvalue weighted by Crippen LogP contribution is 2.11. The van der Waals surface area contributed by atoms with Crippen molar-refractivity contribution in [3.63, 3.8) is 0 Å². The van der Waals surface area contributed by atoms with Crippen LogP contribution in [0.3, 0.4) is 0 Å². The predicted molar refractivity (Wildman–Crippen MR) is 56.8 cm³/mol. The number of rotatable bonds is 10. The number of ether oxygens (including phenoxy) is 2. The minimum Gasteiger partial charge on any atom is -0.378 e. The first-order chi connectivity index (χ1) is 7.28. The van der Waals surface area contributed by atoms with Gasteiger partial charge in [0, 0.05) is 32.5 Å². The standard InChI is InChI=1S/C11H20O4/c1-3-14-10(5-7-12)9-11(6-8-13)15-4-2/h7-8,10-11H,3-6,9H2,1-2H3. The van der Waals surface area contributed by atoms with Gasteiger partial charge in [-0.2, -0.15) is 0 Å². The van der Waals surface area contributed by atoms with Crippen molar-refractivity contribution in [3.8, 4) is 0 Å². The van der Waals surface area contributed by atoms with Crippen molar-refractivity contribution in [1.29, 1.82) is 0 Å². The summed E-state index contributed by atoms with van der Waals surface area (Å²) >= 11 is 0. The molecule has 0 aliphatic heterocycles. The van der Waals surface area contributed by atoms with Gasteiger partial charge >= 0.3 is 0 Å². The molecule has 0 heterocycles. The summed E-state index contributed by atoms with van der Waals surface area (Å²) in [6.45, 7) is 4.90. The van der Waals surface area contributed by atoms with Crippen molar-refractivity contribution in [2.75, 3.05) is 13.2 Å². The zero-order valence-electron chi connectivity index (χ0n) is 9.48. The van der Waals surface area contributed by atoms with Crippen molar-refractivity contribution in [3.05, 3.63) is 0 Å². The smallest absolute Gasteiger partial charge is 0.122 e. The van der Waals surface area contributed by atoms with Crippen molar-refractivity contribution in [2.24, 2.45) is 0 Å². The van der Waals surface area contributed by atoms with Crippen LogP contribution in [0.1, 0.15) is 33.1 Å². The normalized spacial score (nSPS) is 14.5. The summed E-state index contributed by atoms with van der Waals surface area (Å²) in [5, 5.41) is 0. The van der Waals surface area contributed by atoms with Crippen LogP contribution in [-0.4, -0.2) is 38.0 Å². The molecule has 0 saturated carbocycles. The van der Waals surface area contributed by atoms with Gasteiger partial charge in [-0.1, -0.05) is 0 Å². The van der Waals surface area contributed by atoms with Gasteiger partial charge in [0.1, 0.15) is 12.6 Å². The van der Waals surface area contributed by atoms with E-state index in [1.54, 1.807) is 0 Å². The van der Waals surface area contributed by atoms with Gasteiger partial charge in [0.05, 0.1) is 12.2 Å². The van der Waals surface area contributed by atoms with E-state index in [0.717, 1.165) is 12.6 Å². The Bertz CT molecular complexity index is 152. The molecule has 0 radical (unpaired) electrons.